The molecule has 0 aromatic heterocycles. The number of hydrogen-bond donors (Lipinski definition) is 2. The van der Waals surface area contributed by atoms with E-state index in [0.717, 1.165) is 19.4 Å². The lowest BCUT2D eigenvalue weighted by atomic mass is 9.76. The Balaban J connectivity index is 1.33. The third kappa shape index (κ3) is 6.34. The fourth-order valence-electron chi connectivity index (χ4n) is 5.19. The van der Waals surface area contributed by atoms with E-state index in [1.807, 2.05) is 11.8 Å². The quantitative estimate of drug-likeness (QED) is 0.378. The molecule has 0 radical (unpaired) electrons. The maximum Gasteiger partial charge on any atom is 0.243 e. The SMILES string of the molecule is CC(CCCC(=O)NO)SCCC1C2CCC(O2)C1CCOC1CCCC1. The smallest absolute Gasteiger partial charge is 0.243 e. The van der Waals surface area contributed by atoms with Crippen molar-refractivity contribution in [2.45, 2.75) is 101 Å². The zero-order chi connectivity index (χ0) is 19.1. The second kappa shape index (κ2) is 11.0. The summed E-state index contributed by atoms with van der Waals surface area (Å²) in [6.45, 7) is 3.15. The predicted molar refractivity (Wildman–Crippen MR) is 108 cm³/mol. The maximum absolute atomic E-state index is 11.1. The van der Waals surface area contributed by atoms with E-state index in [1.165, 1.54) is 57.1 Å². The van der Waals surface area contributed by atoms with Gasteiger partial charge in [-0.15, -0.1) is 0 Å². The highest BCUT2D eigenvalue weighted by molar-refractivity contribution is 7.99. The summed E-state index contributed by atoms with van der Waals surface area (Å²) in [5, 5.41) is 9.09. The van der Waals surface area contributed by atoms with Gasteiger partial charge in [-0.3, -0.25) is 10.0 Å². The molecule has 5 nitrogen and oxygen atoms in total. The zero-order valence-corrected chi connectivity index (χ0v) is 17.6. The first-order valence-electron chi connectivity index (χ1n) is 11.0. The topological polar surface area (TPSA) is 67.8 Å². The minimum absolute atomic E-state index is 0.283. The normalized spacial score (nSPS) is 31.5. The van der Waals surface area contributed by atoms with Crippen molar-refractivity contribution in [3.05, 3.63) is 0 Å². The highest BCUT2D eigenvalue weighted by atomic mass is 32.2. The first-order valence-corrected chi connectivity index (χ1v) is 12.0. The third-order valence-corrected chi connectivity index (χ3v) is 7.97. The van der Waals surface area contributed by atoms with Crippen LogP contribution in [0.25, 0.3) is 0 Å². The molecular formula is C21H37NO4S. The van der Waals surface area contributed by atoms with Crippen LogP contribution in [0.5, 0.6) is 0 Å². The van der Waals surface area contributed by atoms with Crippen molar-refractivity contribution in [3.8, 4) is 0 Å². The van der Waals surface area contributed by atoms with Gasteiger partial charge in [0.1, 0.15) is 0 Å². The van der Waals surface area contributed by atoms with Crippen molar-refractivity contribution in [3.63, 3.8) is 0 Å². The molecule has 5 atom stereocenters. The van der Waals surface area contributed by atoms with E-state index in [9.17, 15) is 4.79 Å². The van der Waals surface area contributed by atoms with Gasteiger partial charge >= 0.3 is 0 Å². The van der Waals surface area contributed by atoms with Crippen molar-refractivity contribution < 1.29 is 19.5 Å². The molecule has 0 aromatic carbocycles. The molecule has 6 heteroatoms. The summed E-state index contributed by atoms with van der Waals surface area (Å²) in [5.41, 5.74) is 1.70. The molecule has 0 spiro atoms. The summed E-state index contributed by atoms with van der Waals surface area (Å²) in [7, 11) is 0. The summed E-state index contributed by atoms with van der Waals surface area (Å²) in [4.78, 5) is 11.1. The van der Waals surface area contributed by atoms with Crippen LogP contribution < -0.4 is 5.48 Å². The number of rotatable bonds is 12. The van der Waals surface area contributed by atoms with Crippen LogP contribution in [0.15, 0.2) is 0 Å². The summed E-state index contributed by atoms with van der Waals surface area (Å²) < 4.78 is 12.4. The second-order valence-corrected chi connectivity index (χ2v) is 10.1. The summed E-state index contributed by atoms with van der Waals surface area (Å²) in [5.74, 6) is 2.28. The minimum Gasteiger partial charge on any atom is -0.378 e. The number of carbonyl (C=O) groups excluding carboxylic acids is 1. The van der Waals surface area contributed by atoms with Gasteiger partial charge in [0.25, 0.3) is 0 Å². The first kappa shape index (κ1) is 21.4. The number of carbonyl (C=O) groups is 1. The predicted octanol–water partition coefficient (Wildman–Crippen LogP) is 4.32. The molecule has 3 rings (SSSR count). The Morgan fingerprint density at radius 3 is 2.59 bits per heavy atom. The number of amides is 1. The largest absolute Gasteiger partial charge is 0.378 e. The number of nitrogens with one attached hydrogen (secondary N) is 1. The minimum atomic E-state index is -0.283. The van der Waals surface area contributed by atoms with Crippen LogP contribution in [0.3, 0.4) is 0 Å². The Bertz CT molecular complexity index is 457. The van der Waals surface area contributed by atoms with E-state index in [0.29, 0.717) is 41.8 Å². The molecule has 156 valence electrons. The standard InChI is InChI=1S/C21H37NO4S/c1-15(5-4-8-21(23)22-24)27-14-12-18-17(19-9-10-20(18)26-19)11-13-25-16-6-2-3-7-16/h15-20,24H,2-14H2,1H3,(H,22,23). The van der Waals surface area contributed by atoms with Crippen LogP contribution in [0.1, 0.15) is 77.6 Å². The highest BCUT2D eigenvalue weighted by Crippen LogP contribution is 2.47. The molecule has 0 aromatic rings. The number of hydrogen-bond acceptors (Lipinski definition) is 5. The lowest BCUT2D eigenvalue weighted by molar-refractivity contribution is -0.129. The van der Waals surface area contributed by atoms with Crippen LogP contribution >= 0.6 is 11.8 Å². The fourth-order valence-corrected chi connectivity index (χ4v) is 6.33. The number of hydroxylamine groups is 1. The summed E-state index contributed by atoms with van der Waals surface area (Å²) in [6, 6.07) is 0. The molecule has 1 amide bonds. The van der Waals surface area contributed by atoms with Crippen LogP contribution in [0.2, 0.25) is 0 Å². The monoisotopic (exact) mass is 399 g/mol. The van der Waals surface area contributed by atoms with Crippen LogP contribution in [-0.2, 0) is 14.3 Å². The van der Waals surface area contributed by atoms with Crippen molar-refractivity contribution in [2.24, 2.45) is 11.8 Å². The zero-order valence-electron chi connectivity index (χ0n) is 16.7. The summed E-state index contributed by atoms with van der Waals surface area (Å²) in [6.07, 6.45) is 13.8. The van der Waals surface area contributed by atoms with E-state index in [2.05, 4.69) is 6.92 Å². The van der Waals surface area contributed by atoms with Gasteiger partial charge < -0.3 is 9.47 Å². The van der Waals surface area contributed by atoms with E-state index >= 15 is 0 Å². The number of thioether (sulfide) groups is 1. The van der Waals surface area contributed by atoms with Gasteiger partial charge in [-0.2, -0.15) is 11.8 Å². The third-order valence-electron chi connectivity index (χ3n) is 6.69. The Hall–Kier alpha value is -0.300. The fraction of sp³-hybridized carbons (Fsp3) is 0.952. The van der Waals surface area contributed by atoms with Gasteiger partial charge in [-0.1, -0.05) is 19.8 Å². The van der Waals surface area contributed by atoms with Gasteiger partial charge in [-0.05, 0) is 69.0 Å². The van der Waals surface area contributed by atoms with E-state index in [-0.39, 0.29) is 5.91 Å². The maximum atomic E-state index is 11.1. The molecule has 3 aliphatic rings. The molecule has 2 heterocycles. The van der Waals surface area contributed by atoms with Crippen molar-refractivity contribution >= 4 is 17.7 Å². The number of ether oxygens (including phenoxy) is 2. The molecule has 1 saturated carbocycles. The Labute approximate surface area is 168 Å². The Morgan fingerprint density at radius 1 is 1.19 bits per heavy atom. The number of fused-ring (bicyclic) bond motifs is 2. The lowest BCUT2D eigenvalue weighted by Crippen LogP contribution is -2.29. The van der Waals surface area contributed by atoms with Gasteiger partial charge in [0.2, 0.25) is 5.91 Å². The lowest BCUT2D eigenvalue weighted by Gasteiger charge is -2.28. The van der Waals surface area contributed by atoms with Gasteiger partial charge in [-0.25, -0.2) is 5.48 Å². The van der Waals surface area contributed by atoms with Crippen molar-refractivity contribution in [1.82, 2.24) is 5.48 Å². The van der Waals surface area contributed by atoms with Crippen molar-refractivity contribution in [2.75, 3.05) is 12.4 Å². The van der Waals surface area contributed by atoms with Crippen LogP contribution in [0, 0.1) is 11.8 Å². The molecule has 27 heavy (non-hydrogen) atoms. The second-order valence-electron chi connectivity index (χ2n) is 8.58. The first-order chi connectivity index (χ1) is 13.2. The van der Waals surface area contributed by atoms with E-state index < -0.39 is 0 Å². The van der Waals surface area contributed by atoms with Gasteiger partial charge in [0.05, 0.1) is 18.3 Å². The molecule has 3 fully saturated rings. The molecule has 2 saturated heterocycles. The molecule has 2 aliphatic heterocycles. The molecule has 2 N–H and O–H groups in total. The van der Waals surface area contributed by atoms with Crippen LogP contribution in [-0.4, -0.2) is 47.0 Å². The molecule has 5 unspecified atom stereocenters. The highest BCUT2D eigenvalue weighted by Gasteiger charge is 2.47. The van der Waals surface area contributed by atoms with Gasteiger partial charge in [0, 0.05) is 18.3 Å². The average Bonchev–Trinajstić information content (AvgIpc) is 3.40. The average molecular weight is 400 g/mol. The Kier molecular flexibility index (Phi) is 8.75. The van der Waals surface area contributed by atoms with E-state index in [1.54, 1.807) is 5.48 Å². The van der Waals surface area contributed by atoms with Gasteiger partial charge in [0.15, 0.2) is 0 Å². The molecule has 1 aliphatic carbocycles. The van der Waals surface area contributed by atoms with E-state index in [4.69, 9.17) is 14.7 Å². The summed E-state index contributed by atoms with van der Waals surface area (Å²) >= 11 is 2.02. The van der Waals surface area contributed by atoms with Crippen molar-refractivity contribution in [1.29, 1.82) is 0 Å². The molecular weight excluding hydrogens is 362 g/mol. The Morgan fingerprint density at radius 2 is 1.89 bits per heavy atom. The van der Waals surface area contributed by atoms with Crippen LogP contribution in [0.4, 0.5) is 0 Å². The molecule has 2 bridgehead atoms.